The molecular weight excluding hydrogens is 194 g/mol. The first-order valence-corrected chi connectivity index (χ1v) is 5.16. The van der Waals surface area contributed by atoms with Gasteiger partial charge in [-0.2, -0.15) is 0 Å². The van der Waals surface area contributed by atoms with E-state index in [2.05, 4.69) is 0 Å². The summed E-state index contributed by atoms with van der Waals surface area (Å²) in [7, 11) is 0. The Morgan fingerprint density at radius 2 is 1.67 bits per heavy atom. The lowest BCUT2D eigenvalue weighted by molar-refractivity contribution is 0.150. The molecule has 0 nitrogen and oxygen atoms in total. The van der Waals surface area contributed by atoms with Gasteiger partial charge in [0, 0.05) is 5.56 Å². The summed E-state index contributed by atoms with van der Waals surface area (Å²) >= 11 is 0. The molecule has 0 N–H and O–H groups in total. The maximum atomic E-state index is 12.8. The summed E-state index contributed by atoms with van der Waals surface area (Å²) in [5, 5.41) is 0. The summed E-state index contributed by atoms with van der Waals surface area (Å²) in [5.74, 6) is 1.20. The van der Waals surface area contributed by atoms with Crippen LogP contribution in [-0.2, 0) is 0 Å². The second-order valence-electron chi connectivity index (χ2n) is 4.30. The van der Waals surface area contributed by atoms with Gasteiger partial charge in [-0.15, -0.1) is 0 Å². The monoisotopic (exact) mass is 211 g/mol. The molecule has 1 rings (SSSR count). The van der Waals surface area contributed by atoms with Crippen LogP contribution in [0.25, 0.3) is 0 Å². The highest BCUT2D eigenvalue weighted by atomic mass is 19.3. The Bertz CT molecular complexity index is 327. The number of halogens is 2. The normalized spacial score (nSPS) is 11.8. The predicted octanol–water partition coefficient (Wildman–Crippen LogP) is 4.71. The molecule has 0 unspecified atom stereocenters. The minimum atomic E-state index is -2.39. The summed E-state index contributed by atoms with van der Waals surface area (Å²) < 4.78 is 25.6. The topological polar surface area (TPSA) is 0 Å². The summed E-state index contributed by atoms with van der Waals surface area (Å²) in [6.07, 6.45) is -2.39. The van der Waals surface area contributed by atoms with Crippen LogP contribution >= 0.6 is 0 Å². The summed E-state index contributed by atoms with van der Waals surface area (Å²) in [6, 6.07) is 5.33. The lowest BCUT2D eigenvalue weighted by Crippen LogP contribution is -2.00. The third kappa shape index (κ3) is 2.77. The summed E-state index contributed by atoms with van der Waals surface area (Å²) in [6.45, 7) is 7.73. The van der Waals surface area contributed by atoms with Gasteiger partial charge in [-0.05, 0) is 29.0 Å². The van der Waals surface area contributed by atoms with Gasteiger partial charge in [0.2, 0.25) is 0 Å². The van der Waals surface area contributed by atoms with Crippen LogP contribution in [-0.4, -0.2) is 0 Å². The van der Waals surface area contributed by atoms with Gasteiger partial charge in [-0.3, -0.25) is 0 Å². The van der Waals surface area contributed by atoms with Gasteiger partial charge in [0.1, 0.15) is 0 Å². The van der Waals surface area contributed by atoms with Crippen molar-refractivity contribution in [1.29, 1.82) is 0 Å². The predicted molar refractivity (Wildman–Crippen MR) is 59.2 cm³/mol. The van der Waals surface area contributed by atoms with Crippen LogP contribution in [0.4, 0.5) is 8.78 Å². The highest BCUT2D eigenvalue weighted by Crippen LogP contribution is 2.30. The fourth-order valence-electron chi connectivity index (χ4n) is 1.60. The van der Waals surface area contributed by atoms with Crippen LogP contribution in [0.15, 0.2) is 18.2 Å². The maximum Gasteiger partial charge on any atom is 0.264 e. The molecule has 0 aliphatic carbocycles. The Hall–Kier alpha value is -0.920. The molecule has 0 fully saturated rings. The standard InChI is InChI=1S/C13H17F2/c1-8(2)10-5-6-11(9(3)4)12(7-10)13(14)15/h5-7,9,13H,1-4H3. The van der Waals surface area contributed by atoms with E-state index in [1.165, 1.54) is 0 Å². The summed E-state index contributed by atoms with van der Waals surface area (Å²) in [5.41, 5.74) is 1.81. The molecular formula is C13H17F2. The Kier molecular flexibility index (Phi) is 3.83. The minimum Gasteiger partial charge on any atom is -0.205 e. The highest BCUT2D eigenvalue weighted by Gasteiger charge is 2.16. The van der Waals surface area contributed by atoms with Crippen molar-refractivity contribution in [3.8, 4) is 0 Å². The molecule has 0 bridgehead atoms. The molecule has 1 aromatic rings. The number of alkyl halides is 2. The Morgan fingerprint density at radius 3 is 2.07 bits per heavy atom. The molecule has 0 atom stereocenters. The Balaban J connectivity index is 3.21. The first kappa shape index (κ1) is 12.2. The first-order chi connectivity index (χ1) is 6.93. The Labute approximate surface area is 90.3 Å². The molecule has 0 saturated carbocycles. The fraction of sp³-hybridized carbons (Fsp3) is 0.462. The smallest absolute Gasteiger partial charge is 0.205 e. The van der Waals surface area contributed by atoms with Crippen molar-refractivity contribution in [3.05, 3.63) is 40.8 Å². The number of hydrogen-bond acceptors (Lipinski definition) is 0. The average molecular weight is 211 g/mol. The molecule has 2 heteroatoms. The van der Waals surface area contributed by atoms with Gasteiger partial charge >= 0.3 is 0 Å². The fourth-order valence-corrected chi connectivity index (χ4v) is 1.60. The molecule has 0 aliphatic rings. The zero-order valence-corrected chi connectivity index (χ0v) is 9.64. The molecule has 1 aromatic carbocycles. The van der Waals surface area contributed by atoms with Crippen molar-refractivity contribution in [2.75, 3.05) is 0 Å². The van der Waals surface area contributed by atoms with E-state index in [0.29, 0.717) is 0 Å². The molecule has 0 aromatic heterocycles. The van der Waals surface area contributed by atoms with Crippen LogP contribution in [0.3, 0.4) is 0 Å². The van der Waals surface area contributed by atoms with Gasteiger partial charge in [-0.25, -0.2) is 8.78 Å². The molecule has 0 aliphatic heterocycles. The molecule has 1 radical (unpaired) electrons. The quantitative estimate of drug-likeness (QED) is 0.679. The number of hydrogen-bond donors (Lipinski definition) is 0. The largest absolute Gasteiger partial charge is 0.264 e. The molecule has 0 spiro atoms. The number of benzene rings is 1. The third-order valence-corrected chi connectivity index (χ3v) is 2.52. The van der Waals surface area contributed by atoms with Crippen LogP contribution < -0.4 is 0 Å². The van der Waals surface area contributed by atoms with Crippen molar-refractivity contribution in [2.24, 2.45) is 0 Å². The van der Waals surface area contributed by atoms with E-state index in [1.807, 2.05) is 39.8 Å². The van der Waals surface area contributed by atoms with E-state index in [1.54, 1.807) is 6.07 Å². The van der Waals surface area contributed by atoms with Crippen molar-refractivity contribution in [2.45, 2.75) is 40.0 Å². The molecule has 0 heterocycles. The van der Waals surface area contributed by atoms with E-state index in [0.717, 1.165) is 17.0 Å². The van der Waals surface area contributed by atoms with Gasteiger partial charge in [-0.1, -0.05) is 39.8 Å². The third-order valence-electron chi connectivity index (χ3n) is 2.52. The number of rotatable bonds is 3. The zero-order chi connectivity index (χ0) is 11.6. The van der Waals surface area contributed by atoms with Gasteiger partial charge < -0.3 is 0 Å². The van der Waals surface area contributed by atoms with E-state index in [-0.39, 0.29) is 11.5 Å². The van der Waals surface area contributed by atoms with Crippen molar-refractivity contribution < 1.29 is 8.78 Å². The van der Waals surface area contributed by atoms with Crippen LogP contribution in [0.1, 0.15) is 56.7 Å². The molecule has 83 valence electrons. The van der Waals surface area contributed by atoms with Gasteiger partial charge in [0.15, 0.2) is 0 Å². The summed E-state index contributed by atoms with van der Waals surface area (Å²) in [4.78, 5) is 0. The SMILES string of the molecule is C[C](C)c1ccc(C(C)C)c(C(F)F)c1. The first-order valence-electron chi connectivity index (χ1n) is 5.16. The van der Waals surface area contributed by atoms with Crippen molar-refractivity contribution in [1.82, 2.24) is 0 Å². The molecule has 0 saturated heterocycles. The van der Waals surface area contributed by atoms with Crippen molar-refractivity contribution >= 4 is 0 Å². The van der Waals surface area contributed by atoms with Crippen LogP contribution in [0, 0.1) is 5.92 Å². The lowest BCUT2D eigenvalue weighted by atomic mass is 9.92. The minimum absolute atomic E-state index is 0.139. The zero-order valence-electron chi connectivity index (χ0n) is 9.64. The van der Waals surface area contributed by atoms with Crippen LogP contribution in [0.2, 0.25) is 0 Å². The van der Waals surface area contributed by atoms with Crippen LogP contribution in [0.5, 0.6) is 0 Å². The lowest BCUT2D eigenvalue weighted by Gasteiger charge is -2.15. The van der Waals surface area contributed by atoms with E-state index in [4.69, 9.17) is 0 Å². The average Bonchev–Trinajstić information content (AvgIpc) is 2.16. The van der Waals surface area contributed by atoms with Crippen molar-refractivity contribution in [3.63, 3.8) is 0 Å². The Morgan fingerprint density at radius 1 is 1.07 bits per heavy atom. The van der Waals surface area contributed by atoms with Gasteiger partial charge in [0.25, 0.3) is 6.43 Å². The molecule has 15 heavy (non-hydrogen) atoms. The van der Waals surface area contributed by atoms with E-state index >= 15 is 0 Å². The molecule has 0 amide bonds. The second-order valence-corrected chi connectivity index (χ2v) is 4.30. The second kappa shape index (κ2) is 4.73. The van der Waals surface area contributed by atoms with E-state index in [9.17, 15) is 8.78 Å². The van der Waals surface area contributed by atoms with Gasteiger partial charge in [0.05, 0.1) is 0 Å². The maximum absolute atomic E-state index is 12.8. The van der Waals surface area contributed by atoms with E-state index < -0.39 is 6.43 Å². The highest BCUT2D eigenvalue weighted by molar-refractivity contribution is 5.39.